The van der Waals surface area contributed by atoms with E-state index in [2.05, 4.69) is 43.5 Å². The number of carbonyl (C=O) groups excluding carboxylic acids is 2. The molecule has 2 unspecified atom stereocenters. The lowest BCUT2D eigenvalue weighted by molar-refractivity contribution is -0.143. The maximum atomic E-state index is 12.4. The highest BCUT2D eigenvalue weighted by atomic mass is 16.5. The predicted molar refractivity (Wildman–Crippen MR) is 352 cm³/mol. The van der Waals surface area contributed by atoms with Crippen molar-refractivity contribution in [1.82, 2.24) is 5.32 Å². The third-order valence-electron chi connectivity index (χ3n) is 16.9. The van der Waals surface area contributed by atoms with E-state index in [1.54, 1.807) is 6.08 Å². The molecule has 0 aliphatic heterocycles. The number of aliphatic hydroxyl groups excluding tert-OH is 2. The lowest BCUT2D eigenvalue weighted by Crippen LogP contribution is -2.45. The highest BCUT2D eigenvalue weighted by Gasteiger charge is 2.18. The minimum atomic E-state index is -0.838. The van der Waals surface area contributed by atoms with Crippen LogP contribution < -0.4 is 5.32 Å². The van der Waals surface area contributed by atoms with E-state index < -0.39 is 12.1 Å². The molecule has 0 saturated carbocycles. The van der Waals surface area contributed by atoms with Crippen LogP contribution in [0.15, 0.2) is 36.5 Å². The van der Waals surface area contributed by atoms with Crippen molar-refractivity contribution < 1.29 is 24.5 Å². The third-order valence-corrected chi connectivity index (χ3v) is 16.9. The molecular weight excluding hydrogens is 983 g/mol. The Morgan fingerprint density at radius 1 is 0.350 bits per heavy atom. The average Bonchev–Trinajstić information content (AvgIpc) is 3.46. The van der Waals surface area contributed by atoms with Crippen LogP contribution in [0.1, 0.15) is 399 Å². The monoisotopic (exact) mass is 1120 g/mol. The SMILES string of the molecule is CCCC/C=C\C/C=C\CCCCCCCC(=O)OCCCCCCCCCCCCCCCCCCCCCCCCCCCCCCCCCCCCCCCCCC(=O)NC(CO)C(O)/C=C/CCCCCCCCCC. The van der Waals surface area contributed by atoms with Gasteiger partial charge in [0.2, 0.25) is 5.91 Å². The molecule has 0 heterocycles. The van der Waals surface area contributed by atoms with Crippen LogP contribution in [0.5, 0.6) is 0 Å². The van der Waals surface area contributed by atoms with Crippen molar-refractivity contribution in [3.05, 3.63) is 36.5 Å². The number of rotatable bonds is 68. The van der Waals surface area contributed by atoms with E-state index >= 15 is 0 Å². The van der Waals surface area contributed by atoms with E-state index in [1.165, 1.54) is 321 Å². The molecule has 0 radical (unpaired) electrons. The van der Waals surface area contributed by atoms with Crippen molar-refractivity contribution >= 4 is 11.9 Å². The van der Waals surface area contributed by atoms with Crippen LogP contribution in [-0.4, -0.2) is 47.4 Å². The van der Waals surface area contributed by atoms with E-state index in [0.717, 1.165) is 51.4 Å². The van der Waals surface area contributed by atoms with Gasteiger partial charge in [0, 0.05) is 12.8 Å². The normalized spacial score (nSPS) is 12.7. The molecule has 0 rings (SSSR count). The smallest absolute Gasteiger partial charge is 0.305 e. The number of ether oxygens (including phenoxy) is 1. The molecule has 472 valence electrons. The van der Waals surface area contributed by atoms with Gasteiger partial charge in [-0.3, -0.25) is 9.59 Å². The molecule has 0 aliphatic rings. The number of hydrogen-bond donors (Lipinski definition) is 3. The van der Waals surface area contributed by atoms with Gasteiger partial charge in [0.15, 0.2) is 0 Å². The summed E-state index contributed by atoms with van der Waals surface area (Å²) in [5.74, 6) is -0.0530. The summed E-state index contributed by atoms with van der Waals surface area (Å²) in [7, 11) is 0. The van der Waals surface area contributed by atoms with Gasteiger partial charge in [-0.2, -0.15) is 0 Å². The van der Waals surface area contributed by atoms with Gasteiger partial charge in [-0.05, 0) is 57.8 Å². The fraction of sp³-hybridized carbons (Fsp3) is 0.892. The molecule has 0 saturated heterocycles. The maximum Gasteiger partial charge on any atom is 0.305 e. The van der Waals surface area contributed by atoms with Gasteiger partial charge in [0.25, 0.3) is 0 Å². The number of aliphatic hydroxyl groups is 2. The van der Waals surface area contributed by atoms with Crippen LogP contribution in [-0.2, 0) is 14.3 Å². The lowest BCUT2D eigenvalue weighted by atomic mass is 10.0. The fourth-order valence-electron chi connectivity index (χ4n) is 11.4. The molecule has 6 nitrogen and oxygen atoms in total. The van der Waals surface area contributed by atoms with Crippen LogP contribution in [0.25, 0.3) is 0 Å². The summed E-state index contributed by atoms with van der Waals surface area (Å²) < 4.78 is 5.49. The highest BCUT2D eigenvalue weighted by Crippen LogP contribution is 2.19. The number of carbonyl (C=O) groups is 2. The predicted octanol–water partition coefficient (Wildman–Crippen LogP) is 23.5. The first kappa shape index (κ1) is 78.1. The van der Waals surface area contributed by atoms with Gasteiger partial charge >= 0.3 is 5.97 Å². The van der Waals surface area contributed by atoms with Crippen molar-refractivity contribution in [1.29, 1.82) is 0 Å². The quantitative estimate of drug-likeness (QED) is 0.0320. The molecule has 0 aromatic carbocycles. The Kier molecular flexibility index (Phi) is 67.9. The minimum absolute atomic E-state index is 0.00934. The molecule has 0 bridgehead atoms. The molecule has 0 spiro atoms. The van der Waals surface area contributed by atoms with Crippen molar-refractivity contribution in [2.75, 3.05) is 13.2 Å². The van der Waals surface area contributed by atoms with E-state index in [1.807, 2.05) is 6.08 Å². The Balaban J connectivity index is 3.28. The number of nitrogens with one attached hydrogen (secondary N) is 1. The second kappa shape index (κ2) is 69.6. The Morgan fingerprint density at radius 2 is 0.637 bits per heavy atom. The van der Waals surface area contributed by atoms with Crippen molar-refractivity contribution in [3.63, 3.8) is 0 Å². The van der Waals surface area contributed by atoms with Crippen molar-refractivity contribution in [3.8, 4) is 0 Å². The molecule has 0 aromatic rings. The second-order valence-corrected chi connectivity index (χ2v) is 24.9. The average molecular weight is 1120 g/mol. The maximum absolute atomic E-state index is 12.4. The summed E-state index contributed by atoms with van der Waals surface area (Å²) in [6.45, 7) is 4.86. The molecule has 0 aromatic heterocycles. The van der Waals surface area contributed by atoms with E-state index in [-0.39, 0.29) is 18.5 Å². The van der Waals surface area contributed by atoms with Gasteiger partial charge in [-0.1, -0.05) is 365 Å². The van der Waals surface area contributed by atoms with Crippen LogP contribution in [0.3, 0.4) is 0 Å². The van der Waals surface area contributed by atoms with Gasteiger partial charge in [0.05, 0.1) is 25.4 Å². The molecule has 0 fully saturated rings. The first-order valence-electron chi connectivity index (χ1n) is 36.3. The molecule has 1 amide bonds. The number of allylic oxidation sites excluding steroid dienone is 5. The summed E-state index contributed by atoms with van der Waals surface area (Å²) in [5, 5.41) is 23.0. The van der Waals surface area contributed by atoms with E-state index in [0.29, 0.717) is 19.4 Å². The Labute approximate surface area is 500 Å². The van der Waals surface area contributed by atoms with E-state index in [9.17, 15) is 19.8 Å². The van der Waals surface area contributed by atoms with Crippen LogP contribution in [0.4, 0.5) is 0 Å². The van der Waals surface area contributed by atoms with Gasteiger partial charge < -0.3 is 20.3 Å². The first-order valence-corrected chi connectivity index (χ1v) is 36.3. The summed E-state index contributed by atoms with van der Waals surface area (Å²) in [5.41, 5.74) is 0. The minimum Gasteiger partial charge on any atom is -0.466 e. The summed E-state index contributed by atoms with van der Waals surface area (Å²) in [4.78, 5) is 24.5. The van der Waals surface area contributed by atoms with Crippen molar-refractivity contribution in [2.24, 2.45) is 0 Å². The lowest BCUT2D eigenvalue weighted by Gasteiger charge is -2.20. The molecule has 2 atom stereocenters. The number of esters is 1. The molecule has 80 heavy (non-hydrogen) atoms. The zero-order valence-electron chi connectivity index (χ0n) is 54.1. The number of unbranched alkanes of at least 4 members (excludes halogenated alkanes) is 53. The summed E-state index contributed by atoms with van der Waals surface area (Å²) >= 11 is 0. The summed E-state index contributed by atoms with van der Waals surface area (Å²) in [6.07, 6.45) is 89.8. The molecular formula is C74H141NO5. The van der Waals surface area contributed by atoms with Crippen LogP contribution in [0.2, 0.25) is 0 Å². The Morgan fingerprint density at radius 3 is 0.988 bits per heavy atom. The van der Waals surface area contributed by atoms with Crippen LogP contribution in [0, 0.1) is 0 Å². The fourth-order valence-corrected chi connectivity index (χ4v) is 11.4. The highest BCUT2D eigenvalue weighted by molar-refractivity contribution is 5.76. The van der Waals surface area contributed by atoms with Gasteiger partial charge in [-0.25, -0.2) is 0 Å². The largest absolute Gasteiger partial charge is 0.466 e. The van der Waals surface area contributed by atoms with Gasteiger partial charge in [-0.15, -0.1) is 0 Å². The zero-order chi connectivity index (χ0) is 57.8. The molecule has 6 heteroatoms. The topological polar surface area (TPSA) is 95.9 Å². The second-order valence-electron chi connectivity index (χ2n) is 24.9. The summed E-state index contributed by atoms with van der Waals surface area (Å²) in [6, 6.07) is -0.621. The standard InChI is InChI=1S/C74H141NO5/c1-3-5-7-9-11-13-15-16-45-48-52-56-60-64-68-74(79)80-69-65-61-57-53-49-46-43-41-39-37-35-33-31-29-27-25-23-21-19-17-18-20-22-24-26-28-30-32-34-36-38-40-42-44-47-51-55-59-63-67-73(78)75-71(70-76)72(77)66-62-58-54-50-14-12-10-8-6-4-2/h9,11,15-16,62,66,71-72,76-77H,3-8,10,12-14,17-61,63-65,67-70H2,1-2H3,(H,75,78)/b11-9-,16-15-,66-62+. The third kappa shape index (κ3) is 65.2. The molecule has 3 N–H and O–H groups in total. The Bertz CT molecular complexity index is 1300. The van der Waals surface area contributed by atoms with Crippen molar-refractivity contribution in [2.45, 2.75) is 411 Å². The van der Waals surface area contributed by atoms with Gasteiger partial charge in [0.1, 0.15) is 0 Å². The number of amides is 1. The number of hydrogen-bond acceptors (Lipinski definition) is 5. The van der Waals surface area contributed by atoms with E-state index in [4.69, 9.17) is 4.74 Å². The Hall–Kier alpha value is -1.92. The van der Waals surface area contributed by atoms with Crippen LogP contribution >= 0.6 is 0 Å². The zero-order valence-corrected chi connectivity index (χ0v) is 54.1. The molecule has 0 aliphatic carbocycles. The first-order chi connectivity index (χ1) is 39.5.